The normalized spacial score (nSPS) is 21.2. The average molecular weight is 234 g/mol. The maximum absolute atomic E-state index is 12.3. The first-order valence-electron chi connectivity index (χ1n) is 5.78. The van der Waals surface area contributed by atoms with Crippen LogP contribution in [0.1, 0.15) is 0 Å². The highest BCUT2D eigenvalue weighted by molar-refractivity contribution is 5.96. The highest BCUT2D eigenvalue weighted by Gasteiger charge is 2.26. The minimum Gasteiger partial charge on any atom is -0.313 e. The number of pyridine rings is 1. The van der Waals surface area contributed by atoms with Crippen LogP contribution in [0, 0.1) is 0 Å². The van der Waals surface area contributed by atoms with Crippen molar-refractivity contribution in [3.05, 3.63) is 24.5 Å². The van der Waals surface area contributed by atoms with Gasteiger partial charge >= 0.3 is 0 Å². The second-order valence-electron chi connectivity index (χ2n) is 4.38. The van der Waals surface area contributed by atoms with Gasteiger partial charge in [0.2, 0.25) is 5.91 Å². The number of nitrogens with one attached hydrogen (secondary N) is 1. The van der Waals surface area contributed by atoms with Gasteiger partial charge in [-0.1, -0.05) is 0 Å². The van der Waals surface area contributed by atoms with E-state index >= 15 is 0 Å². The minimum atomic E-state index is -0.126. The van der Waals surface area contributed by atoms with Crippen LogP contribution >= 0.6 is 0 Å². The van der Waals surface area contributed by atoms with Gasteiger partial charge in [0.15, 0.2) is 0 Å². The highest BCUT2D eigenvalue weighted by atomic mass is 16.2. The Balaban J connectivity index is 2.04. The molecule has 0 spiro atoms. The maximum atomic E-state index is 12.3. The first kappa shape index (κ1) is 12.0. The number of carbonyl (C=O) groups excluding carboxylic acids is 1. The number of hydrogen-bond acceptors (Lipinski definition) is 4. The fourth-order valence-electron chi connectivity index (χ4n) is 1.98. The zero-order valence-corrected chi connectivity index (χ0v) is 10.3. The van der Waals surface area contributed by atoms with Crippen LogP contribution in [0.4, 0.5) is 5.69 Å². The molecule has 92 valence electrons. The van der Waals surface area contributed by atoms with Crippen molar-refractivity contribution in [3.63, 3.8) is 0 Å². The molecule has 0 radical (unpaired) electrons. The number of amides is 1. The molecule has 2 rings (SSSR count). The topological polar surface area (TPSA) is 48.5 Å². The molecule has 1 aliphatic heterocycles. The molecule has 0 bridgehead atoms. The van der Waals surface area contributed by atoms with Crippen LogP contribution in [-0.2, 0) is 4.79 Å². The third-order valence-corrected chi connectivity index (χ3v) is 3.04. The van der Waals surface area contributed by atoms with Crippen molar-refractivity contribution in [3.8, 4) is 0 Å². The fourth-order valence-corrected chi connectivity index (χ4v) is 1.98. The van der Waals surface area contributed by atoms with E-state index in [4.69, 9.17) is 0 Å². The highest BCUT2D eigenvalue weighted by Crippen LogP contribution is 2.11. The molecular weight excluding hydrogens is 216 g/mol. The number of piperazine rings is 1. The lowest BCUT2D eigenvalue weighted by molar-refractivity contribution is -0.121. The van der Waals surface area contributed by atoms with Gasteiger partial charge in [0.05, 0.1) is 11.9 Å². The molecule has 17 heavy (non-hydrogen) atoms. The SMILES string of the molecule is CN1CCNC(C(=O)N(C)c2cccnc2)C1. The van der Waals surface area contributed by atoms with Crippen molar-refractivity contribution in [1.82, 2.24) is 15.2 Å². The van der Waals surface area contributed by atoms with Crippen LogP contribution in [-0.4, -0.2) is 55.6 Å². The Morgan fingerprint density at radius 1 is 1.65 bits per heavy atom. The van der Waals surface area contributed by atoms with Crippen molar-refractivity contribution in [2.75, 3.05) is 38.6 Å². The van der Waals surface area contributed by atoms with Gasteiger partial charge in [0.1, 0.15) is 6.04 Å². The Morgan fingerprint density at radius 3 is 3.12 bits per heavy atom. The van der Waals surface area contributed by atoms with Gasteiger partial charge in [-0.15, -0.1) is 0 Å². The summed E-state index contributed by atoms with van der Waals surface area (Å²) in [4.78, 5) is 20.1. The van der Waals surface area contributed by atoms with E-state index in [-0.39, 0.29) is 11.9 Å². The average Bonchev–Trinajstić information content (AvgIpc) is 2.38. The second kappa shape index (κ2) is 5.25. The first-order valence-corrected chi connectivity index (χ1v) is 5.78. The van der Waals surface area contributed by atoms with Crippen molar-refractivity contribution in [2.24, 2.45) is 0 Å². The number of carbonyl (C=O) groups is 1. The van der Waals surface area contributed by atoms with Crippen LogP contribution in [0.15, 0.2) is 24.5 Å². The van der Waals surface area contributed by atoms with E-state index in [1.54, 1.807) is 24.3 Å². The molecule has 1 amide bonds. The molecule has 0 aliphatic carbocycles. The molecular formula is C12H18N4O. The summed E-state index contributed by atoms with van der Waals surface area (Å²) < 4.78 is 0. The summed E-state index contributed by atoms with van der Waals surface area (Å²) in [6.45, 7) is 2.59. The Bertz CT molecular complexity index is 381. The third kappa shape index (κ3) is 2.81. The Morgan fingerprint density at radius 2 is 2.47 bits per heavy atom. The Labute approximate surface area is 101 Å². The molecule has 1 aromatic rings. The van der Waals surface area contributed by atoms with Gasteiger partial charge in [-0.2, -0.15) is 0 Å². The predicted octanol–water partition coefficient (Wildman–Crippen LogP) is -0.0520. The van der Waals surface area contributed by atoms with Crippen molar-refractivity contribution < 1.29 is 4.79 Å². The summed E-state index contributed by atoms with van der Waals surface area (Å²) in [6.07, 6.45) is 3.40. The number of rotatable bonds is 2. The van der Waals surface area contributed by atoms with Crippen LogP contribution in [0.3, 0.4) is 0 Å². The smallest absolute Gasteiger partial charge is 0.245 e. The molecule has 2 heterocycles. The van der Waals surface area contributed by atoms with Crippen molar-refractivity contribution in [1.29, 1.82) is 0 Å². The van der Waals surface area contributed by atoms with Gasteiger partial charge < -0.3 is 15.1 Å². The number of aromatic nitrogens is 1. The van der Waals surface area contributed by atoms with Crippen LogP contribution in [0.5, 0.6) is 0 Å². The number of anilines is 1. The molecule has 1 N–H and O–H groups in total. The lowest BCUT2D eigenvalue weighted by atomic mass is 10.2. The number of hydrogen-bond donors (Lipinski definition) is 1. The quantitative estimate of drug-likeness (QED) is 0.779. The maximum Gasteiger partial charge on any atom is 0.245 e. The predicted molar refractivity (Wildman–Crippen MR) is 66.9 cm³/mol. The number of likely N-dealkylation sites (N-methyl/N-ethyl adjacent to an activating group) is 2. The summed E-state index contributed by atoms with van der Waals surface area (Å²) in [5.74, 6) is 0.0875. The lowest BCUT2D eigenvalue weighted by Crippen LogP contribution is -2.56. The molecule has 0 saturated carbocycles. The summed E-state index contributed by atoms with van der Waals surface area (Å²) in [5, 5.41) is 3.25. The summed E-state index contributed by atoms with van der Waals surface area (Å²) >= 11 is 0. The monoisotopic (exact) mass is 234 g/mol. The van der Waals surface area contributed by atoms with Gasteiger partial charge in [-0.3, -0.25) is 9.78 Å². The molecule has 1 aliphatic rings. The minimum absolute atomic E-state index is 0.0875. The fraction of sp³-hybridized carbons (Fsp3) is 0.500. The molecule has 1 atom stereocenters. The van der Waals surface area contributed by atoms with Crippen LogP contribution in [0.2, 0.25) is 0 Å². The van der Waals surface area contributed by atoms with Crippen molar-refractivity contribution >= 4 is 11.6 Å². The van der Waals surface area contributed by atoms with E-state index in [0.717, 1.165) is 25.3 Å². The summed E-state index contributed by atoms with van der Waals surface area (Å²) in [5.41, 5.74) is 0.826. The molecule has 1 fully saturated rings. The van der Waals surface area contributed by atoms with Crippen molar-refractivity contribution in [2.45, 2.75) is 6.04 Å². The Hall–Kier alpha value is -1.46. The zero-order valence-electron chi connectivity index (χ0n) is 10.3. The van der Waals surface area contributed by atoms with Gasteiger partial charge in [0.25, 0.3) is 0 Å². The van der Waals surface area contributed by atoms with Crippen LogP contribution in [0.25, 0.3) is 0 Å². The van der Waals surface area contributed by atoms with E-state index in [0.29, 0.717) is 0 Å². The lowest BCUT2D eigenvalue weighted by Gasteiger charge is -2.32. The molecule has 1 saturated heterocycles. The van der Waals surface area contributed by atoms with Gasteiger partial charge in [-0.05, 0) is 19.2 Å². The van der Waals surface area contributed by atoms with E-state index < -0.39 is 0 Å². The largest absolute Gasteiger partial charge is 0.313 e. The summed E-state index contributed by atoms with van der Waals surface area (Å²) in [6, 6.07) is 3.59. The van der Waals surface area contributed by atoms with Crippen LogP contribution < -0.4 is 10.2 Å². The molecule has 5 heteroatoms. The molecule has 0 aromatic carbocycles. The molecule has 1 unspecified atom stereocenters. The molecule has 5 nitrogen and oxygen atoms in total. The number of nitrogens with zero attached hydrogens (tertiary/aromatic N) is 3. The van der Waals surface area contributed by atoms with E-state index in [9.17, 15) is 4.79 Å². The standard InChI is InChI=1S/C12H18N4O/c1-15-7-6-14-11(9-15)12(17)16(2)10-4-3-5-13-8-10/h3-5,8,11,14H,6-7,9H2,1-2H3. The second-order valence-corrected chi connectivity index (χ2v) is 4.38. The van der Waals surface area contributed by atoms with E-state index in [1.165, 1.54) is 0 Å². The van der Waals surface area contributed by atoms with E-state index in [2.05, 4.69) is 15.2 Å². The Kier molecular flexibility index (Phi) is 3.71. The zero-order chi connectivity index (χ0) is 12.3. The third-order valence-electron chi connectivity index (χ3n) is 3.04. The summed E-state index contributed by atoms with van der Waals surface area (Å²) in [7, 11) is 3.82. The molecule has 1 aromatic heterocycles. The van der Waals surface area contributed by atoms with E-state index in [1.807, 2.05) is 19.2 Å². The van der Waals surface area contributed by atoms with Gasteiger partial charge in [-0.25, -0.2) is 0 Å². The first-order chi connectivity index (χ1) is 8.18. The van der Waals surface area contributed by atoms with Gasteiger partial charge in [0, 0.05) is 32.9 Å².